The molecule has 0 amide bonds. The fourth-order valence-electron chi connectivity index (χ4n) is 2.04. The number of aromatic nitrogens is 2. The van der Waals surface area contributed by atoms with Crippen molar-refractivity contribution < 1.29 is 4.74 Å². The number of ether oxygens (including phenoxy) is 1. The summed E-state index contributed by atoms with van der Waals surface area (Å²) in [6.07, 6.45) is 0. The Bertz CT molecular complexity index is 576. The van der Waals surface area contributed by atoms with Gasteiger partial charge >= 0.3 is 0 Å². The van der Waals surface area contributed by atoms with Crippen LogP contribution in [0.25, 0.3) is 0 Å². The number of benzene rings is 1. The molecule has 0 spiro atoms. The highest BCUT2D eigenvalue weighted by atomic mass is 35.5. The molecule has 2 rings (SSSR count). The maximum atomic E-state index is 5.88. The summed E-state index contributed by atoms with van der Waals surface area (Å²) in [6, 6.07) is 7.67. The Morgan fingerprint density at radius 1 is 1.11 bits per heavy atom. The summed E-state index contributed by atoms with van der Waals surface area (Å²) in [6.45, 7) is 8.22. The van der Waals surface area contributed by atoms with Gasteiger partial charge < -0.3 is 4.74 Å². The summed E-state index contributed by atoms with van der Waals surface area (Å²) in [4.78, 5) is 8.20. The first-order chi connectivity index (χ1) is 8.95. The summed E-state index contributed by atoms with van der Waals surface area (Å²) >= 11 is 5.88. The van der Waals surface area contributed by atoms with Gasteiger partial charge in [-0.05, 0) is 43.0 Å². The zero-order chi connectivity index (χ0) is 14.0. The second-order valence-corrected chi connectivity index (χ2v) is 5.24. The van der Waals surface area contributed by atoms with Crippen LogP contribution in [0.15, 0.2) is 24.3 Å². The van der Waals surface area contributed by atoms with Crippen LogP contribution in [0, 0.1) is 13.8 Å². The van der Waals surface area contributed by atoms with E-state index in [9.17, 15) is 0 Å². The molecule has 3 nitrogen and oxygen atoms in total. The van der Waals surface area contributed by atoms with Crippen LogP contribution in [-0.2, 0) is 0 Å². The SMILES string of the molecule is Cc1nc(Cl)cc(Oc2ccc(C(C)C)c(C)c2)n1. The third-order valence-electron chi connectivity index (χ3n) is 2.87. The topological polar surface area (TPSA) is 35.0 Å². The summed E-state index contributed by atoms with van der Waals surface area (Å²) in [5, 5.41) is 0.387. The minimum atomic E-state index is 0.387. The molecule has 2 aromatic rings. The van der Waals surface area contributed by atoms with Crippen molar-refractivity contribution in [3.05, 3.63) is 46.4 Å². The number of halogens is 1. The van der Waals surface area contributed by atoms with Crippen molar-refractivity contribution in [3.63, 3.8) is 0 Å². The Kier molecular flexibility index (Phi) is 4.05. The molecule has 0 aliphatic heterocycles. The van der Waals surface area contributed by atoms with Gasteiger partial charge in [-0.2, -0.15) is 4.98 Å². The quantitative estimate of drug-likeness (QED) is 0.765. The van der Waals surface area contributed by atoms with Crippen LogP contribution < -0.4 is 4.74 Å². The van der Waals surface area contributed by atoms with E-state index in [2.05, 4.69) is 36.8 Å². The molecule has 1 aromatic carbocycles. The molecule has 1 aromatic heterocycles. The van der Waals surface area contributed by atoms with Gasteiger partial charge in [-0.15, -0.1) is 0 Å². The molecule has 0 aliphatic rings. The van der Waals surface area contributed by atoms with Crippen molar-refractivity contribution in [2.45, 2.75) is 33.6 Å². The Balaban J connectivity index is 2.26. The zero-order valence-electron chi connectivity index (χ0n) is 11.6. The smallest absolute Gasteiger partial charge is 0.224 e. The molecule has 1 heterocycles. The molecule has 0 unspecified atom stereocenters. The minimum Gasteiger partial charge on any atom is -0.439 e. The van der Waals surface area contributed by atoms with Gasteiger partial charge in [0.1, 0.15) is 16.7 Å². The molecule has 0 bridgehead atoms. The van der Waals surface area contributed by atoms with E-state index in [1.165, 1.54) is 11.1 Å². The second kappa shape index (κ2) is 5.57. The highest BCUT2D eigenvalue weighted by Crippen LogP contribution is 2.27. The molecule has 0 saturated heterocycles. The summed E-state index contributed by atoms with van der Waals surface area (Å²) in [7, 11) is 0. The fourth-order valence-corrected chi connectivity index (χ4v) is 2.25. The Morgan fingerprint density at radius 2 is 1.84 bits per heavy atom. The zero-order valence-corrected chi connectivity index (χ0v) is 12.3. The van der Waals surface area contributed by atoms with Gasteiger partial charge in [0.15, 0.2) is 0 Å². The molecular weight excluding hydrogens is 260 g/mol. The molecule has 4 heteroatoms. The average Bonchev–Trinajstić information content (AvgIpc) is 2.26. The predicted octanol–water partition coefficient (Wildman–Crippen LogP) is 4.66. The van der Waals surface area contributed by atoms with E-state index < -0.39 is 0 Å². The Labute approximate surface area is 118 Å². The molecule has 0 atom stereocenters. The van der Waals surface area contributed by atoms with Gasteiger partial charge in [0.25, 0.3) is 0 Å². The maximum absolute atomic E-state index is 5.88. The summed E-state index contributed by atoms with van der Waals surface area (Å²) in [5.74, 6) is 2.33. The molecule has 0 N–H and O–H groups in total. The summed E-state index contributed by atoms with van der Waals surface area (Å²) in [5.41, 5.74) is 2.54. The minimum absolute atomic E-state index is 0.387. The standard InChI is InChI=1S/C15H17ClN2O/c1-9(2)13-6-5-12(7-10(13)3)19-15-8-14(16)17-11(4)18-15/h5-9H,1-4H3. The van der Waals surface area contributed by atoms with E-state index in [1.807, 2.05) is 12.1 Å². The molecule has 0 saturated carbocycles. The van der Waals surface area contributed by atoms with Crippen LogP contribution in [0.5, 0.6) is 11.6 Å². The molecule has 0 radical (unpaired) electrons. The Hall–Kier alpha value is -1.61. The molecule has 0 fully saturated rings. The molecule has 100 valence electrons. The third-order valence-corrected chi connectivity index (χ3v) is 3.06. The van der Waals surface area contributed by atoms with E-state index in [-0.39, 0.29) is 0 Å². The van der Waals surface area contributed by atoms with E-state index in [4.69, 9.17) is 16.3 Å². The van der Waals surface area contributed by atoms with Crippen LogP contribution in [0.3, 0.4) is 0 Å². The van der Waals surface area contributed by atoms with Crippen LogP contribution in [0.1, 0.15) is 36.7 Å². The van der Waals surface area contributed by atoms with Crippen LogP contribution in [0.2, 0.25) is 5.15 Å². The number of rotatable bonds is 3. The number of nitrogens with zero attached hydrogens (tertiary/aromatic N) is 2. The highest BCUT2D eigenvalue weighted by Gasteiger charge is 2.07. The largest absolute Gasteiger partial charge is 0.439 e. The average molecular weight is 277 g/mol. The van der Waals surface area contributed by atoms with Crippen LogP contribution in [-0.4, -0.2) is 9.97 Å². The Morgan fingerprint density at radius 3 is 2.42 bits per heavy atom. The fraction of sp³-hybridized carbons (Fsp3) is 0.333. The molecular formula is C15H17ClN2O. The number of hydrogen-bond donors (Lipinski definition) is 0. The van der Waals surface area contributed by atoms with Crippen LogP contribution in [0.4, 0.5) is 0 Å². The van der Waals surface area contributed by atoms with Crippen molar-refractivity contribution in [2.75, 3.05) is 0 Å². The normalized spacial score (nSPS) is 10.8. The van der Waals surface area contributed by atoms with Gasteiger partial charge in [-0.25, -0.2) is 4.98 Å². The lowest BCUT2D eigenvalue weighted by atomic mass is 9.98. The lowest BCUT2D eigenvalue weighted by Gasteiger charge is -2.12. The molecule has 0 aliphatic carbocycles. The van der Waals surface area contributed by atoms with Gasteiger partial charge in [0, 0.05) is 6.07 Å². The van der Waals surface area contributed by atoms with Crippen molar-refractivity contribution in [1.29, 1.82) is 0 Å². The number of hydrogen-bond acceptors (Lipinski definition) is 3. The number of aryl methyl sites for hydroxylation is 2. The van der Waals surface area contributed by atoms with E-state index in [1.54, 1.807) is 13.0 Å². The van der Waals surface area contributed by atoms with Crippen molar-refractivity contribution in [2.24, 2.45) is 0 Å². The van der Waals surface area contributed by atoms with Gasteiger partial charge in [0.2, 0.25) is 5.88 Å². The highest BCUT2D eigenvalue weighted by molar-refractivity contribution is 6.29. The van der Waals surface area contributed by atoms with E-state index >= 15 is 0 Å². The maximum Gasteiger partial charge on any atom is 0.224 e. The first-order valence-corrected chi connectivity index (χ1v) is 6.63. The van der Waals surface area contributed by atoms with Gasteiger partial charge in [0.05, 0.1) is 0 Å². The van der Waals surface area contributed by atoms with Crippen LogP contribution >= 0.6 is 11.6 Å². The second-order valence-electron chi connectivity index (χ2n) is 4.85. The lowest BCUT2D eigenvalue weighted by molar-refractivity contribution is 0.459. The van der Waals surface area contributed by atoms with E-state index in [0.29, 0.717) is 22.8 Å². The monoisotopic (exact) mass is 276 g/mol. The van der Waals surface area contributed by atoms with Crippen molar-refractivity contribution >= 4 is 11.6 Å². The predicted molar refractivity (Wildman–Crippen MR) is 77.1 cm³/mol. The lowest BCUT2D eigenvalue weighted by Crippen LogP contribution is -1.95. The third kappa shape index (κ3) is 3.44. The first-order valence-electron chi connectivity index (χ1n) is 6.25. The van der Waals surface area contributed by atoms with E-state index in [0.717, 1.165) is 5.75 Å². The van der Waals surface area contributed by atoms with Crippen molar-refractivity contribution in [3.8, 4) is 11.6 Å². The van der Waals surface area contributed by atoms with Gasteiger partial charge in [-0.1, -0.05) is 31.5 Å². The van der Waals surface area contributed by atoms with Crippen molar-refractivity contribution in [1.82, 2.24) is 9.97 Å². The first kappa shape index (κ1) is 13.8. The molecule has 19 heavy (non-hydrogen) atoms. The van der Waals surface area contributed by atoms with Gasteiger partial charge in [-0.3, -0.25) is 0 Å². The summed E-state index contributed by atoms with van der Waals surface area (Å²) < 4.78 is 5.72.